The zero-order valence-corrected chi connectivity index (χ0v) is 14.2. The Morgan fingerprint density at radius 2 is 0.957 bits per heavy atom. The lowest BCUT2D eigenvalue weighted by Crippen LogP contribution is -2.44. The van der Waals surface area contributed by atoms with Crippen LogP contribution in [-0.2, 0) is 9.59 Å². The van der Waals surface area contributed by atoms with E-state index in [2.05, 4.69) is 31.9 Å². The molecule has 0 unspecified atom stereocenters. The van der Waals surface area contributed by atoms with Crippen molar-refractivity contribution in [1.82, 2.24) is 31.9 Å². The van der Waals surface area contributed by atoms with Crippen LogP contribution < -0.4 is 31.9 Å². The van der Waals surface area contributed by atoms with Gasteiger partial charge in [-0.15, -0.1) is 0 Å². The van der Waals surface area contributed by atoms with Gasteiger partial charge in [0.05, 0.1) is 0 Å². The largest absolute Gasteiger partial charge is 0.354 e. The molecule has 134 valence electrons. The van der Waals surface area contributed by atoms with Crippen molar-refractivity contribution < 1.29 is 9.59 Å². The van der Waals surface area contributed by atoms with E-state index in [1.807, 2.05) is 6.92 Å². The van der Waals surface area contributed by atoms with E-state index in [0.717, 1.165) is 39.3 Å². The summed E-state index contributed by atoms with van der Waals surface area (Å²) >= 11 is 0. The van der Waals surface area contributed by atoms with Crippen LogP contribution in [0.5, 0.6) is 0 Å². The van der Waals surface area contributed by atoms with E-state index < -0.39 is 5.92 Å². The molecule has 8 nitrogen and oxygen atoms in total. The first-order chi connectivity index (χ1) is 11.3. The van der Waals surface area contributed by atoms with Gasteiger partial charge in [-0.1, -0.05) is 6.92 Å². The van der Waals surface area contributed by atoms with Crippen molar-refractivity contribution in [3.8, 4) is 0 Å². The highest BCUT2D eigenvalue weighted by molar-refractivity contribution is 6.00. The average molecular weight is 328 g/mol. The Morgan fingerprint density at radius 3 is 1.26 bits per heavy atom. The first-order valence-corrected chi connectivity index (χ1v) is 8.64. The second-order valence-electron chi connectivity index (χ2n) is 5.54. The number of rotatable bonds is 1. The standard InChI is InChI=1S/C15H32N6O2/c1-2-13-14(22)20-11-9-18-7-5-16-3-4-17-6-8-19-10-12-21-15(13)23/h13,16-19H,2-12H2,1H3,(H,20,22)(H,21,23). The first kappa shape index (κ1) is 19.8. The Hall–Kier alpha value is -1.22. The predicted molar refractivity (Wildman–Crippen MR) is 91.3 cm³/mol. The molecule has 0 aromatic rings. The maximum atomic E-state index is 12.1. The third kappa shape index (κ3) is 9.50. The minimum Gasteiger partial charge on any atom is -0.354 e. The third-order valence-corrected chi connectivity index (χ3v) is 3.68. The summed E-state index contributed by atoms with van der Waals surface area (Å²) < 4.78 is 0. The molecule has 0 atom stereocenters. The van der Waals surface area contributed by atoms with Gasteiger partial charge in [0.2, 0.25) is 11.8 Å². The summed E-state index contributed by atoms with van der Waals surface area (Å²) in [5.74, 6) is -1.000. The van der Waals surface area contributed by atoms with Gasteiger partial charge in [-0.25, -0.2) is 0 Å². The maximum absolute atomic E-state index is 12.1. The normalized spacial score (nSPS) is 22.3. The minimum absolute atomic E-state index is 0.194. The van der Waals surface area contributed by atoms with E-state index in [0.29, 0.717) is 32.6 Å². The molecule has 0 bridgehead atoms. The molecule has 1 rings (SSSR count). The van der Waals surface area contributed by atoms with E-state index in [9.17, 15) is 9.59 Å². The molecule has 0 aromatic heterocycles. The summed E-state index contributed by atoms with van der Waals surface area (Å²) in [5, 5.41) is 18.8. The predicted octanol–water partition coefficient (Wildman–Crippen LogP) is -2.38. The zero-order chi connectivity index (χ0) is 16.8. The summed E-state index contributed by atoms with van der Waals surface area (Å²) in [5.41, 5.74) is 0. The highest BCUT2D eigenvalue weighted by Gasteiger charge is 2.23. The van der Waals surface area contributed by atoms with Gasteiger partial charge < -0.3 is 31.9 Å². The summed E-state index contributed by atoms with van der Waals surface area (Å²) in [4.78, 5) is 24.1. The fourth-order valence-electron chi connectivity index (χ4n) is 2.31. The fraction of sp³-hybridized carbons (Fsp3) is 0.867. The van der Waals surface area contributed by atoms with Gasteiger partial charge in [-0.3, -0.25) is 9.59 Å². The molecule has 8 heteroatoms. The lowest BCUT2D eigenvalue weighted by Gasteiger charge is -2.15. The van der Waals surface area contributed by atoms with Crippen molar-refractivity contribution in [1.29, 1.82) is 0 Å². The van der Waals surface area contributed by atoms with Gasteiger partial charge in [0, 0.05) is 65.4 Å². The summed E-state index contributed by atoms with van der Waals surface area (Å²) in [6.07, 6.45) is 0.506. The Balaban J connectivity index is 2.38. The van der Waals surface area contributed by atoms with Gasteiger partial charge in [0.25, 0.3) is 0 Å². The second kappa shape index (κ2) is 13.2. The Kier molecular flexibility index (Phi) is 11.4. The van der Waals surface area contributed by atoms with E-state index in [1.165, 1.54) is 0 Å². The highest BCUT2D eigenvalue weighted by atomic mass is 16.2. The van der Waals surface area contributed by atoms with Crippen molar-refractivity contribution in [3.05, 3.63) is 0 Å². The molecule has 1 aliphatic rings. The quantitative estimate of drug-likeness (QED) is 0.300. The number of hydrogen-bond acceptors (Lipinski definition) is 6. The van der Waals surface area contributed by atoms with E-state index in [4.69, 9.17) is 0 Å². The van der Waals surface area contributed by atoms with Gasteiger partial charge in [-0.2, -0.15) is 0 Å². The topological polar surface area (TPSA) is 106 Å². The van der Waals surface area contributed by atoms with Crippen molar-refractivity contribution >= 4 is 11.8 Å². The molecule has 1 heterocycles. The van der Waals surface area contributed by atoms with Gasteiger partial charge in [-0.05, 0) is 6.42 Å². The molecule has 0 saturated carbocycles. The molecule has 0 radical (unpaired) electrons. The molecule has 0 aromatic carbocycles. The fourth-order valence-corrected chi connectivity index (χ4v) is 2.31. The summed E-state index contributed by atoms with van der Waals surface area (Å²) in [7, 11) is 0. The summed E-state index contributed by atoms with van der Waals surface area (Å²) in [6, 6.07) is 0. The molecule has 23 heavy (non-hydrogen) atoms. The smallest absolute Gasteiger partial charge is 0.232 e. The lowest BCUT2D eigenvalue weighted by atomic mass is 10.0. The highest BCUT2D eigenvalue weighted by Crippen LogP contribution is 2.02. The van der Waals surface area contributed by atoms with E-state index in [1.54, 1.807) is 0 Å². The molecule has 0 spiro atoms. The molecule has 1 aliphatic heterocycles. The monoisotopic (exact) mass is 328 g/mol. The maximum Gasteiger partial charge on any atom is 0.232 e. The SMILES string of the molecule is CCC1C(=O)NCCNCCNCCNCCNCCNC1=O. The number of amides is 2. The van der Waals surface area contributed by atoms with Gasteiger partial charge >= 0.3 is 0 Å². The molecule has 2 amide bonds. The van der Waals surface area contributed by atoms with Crippen LogP contribution in [0.3, 0.4) is 0 Å². The Labute approximate surface area is 138 Å². The third-order valence-electron chi connectivity index (χ3n) is 3.68. The molecule has 0 aliphatic carbocycles. The van der Waals surface area contributed by atoms with Crippen LogP contribution in [0.4, 0.5) is 0 Å². The number of hydrogen-bond donors (Lipinski definition) is 6. The molecule has 6 N–H and O–H groups in total. The molecular weight excluding hydrogens is 296 g/mol. The van der Waals surface area contributed by atoms with E-state index in [-0.39, 0.29) is 11.8 Å². The number of carbonyl (C=O) groups is 2. The van der Waals surface area contributed by atoms with Crippen molar-refractivity contribution in [2.45, 2.75) is 13.3 Å². The first-order valence-electron chi connectivity index (χ1n) is 8.64. The number of carbonyl (C=O) groups excluding carboxylic acids is 2. The van der Waals surface area contributed by atoms with Crippen molar-refractivity contribution in [3.63, 3.8) is 0 Å². The van der Waals surface area contributed by atoms with Crippen molar-refractivity contribution in [2.75, 3.05) is 65.4 Å². The van der Waals surface area contributed by atoms with Crippen LogP contribution in [0, 0.1) is 5.92 Å². The van der Waals surface area contributed by atoms with Crippen LogP contribution >= 0.6 is 0 Å². The lowest BCUT2D eigenvalue weighted by molar-refractivity contribution is -0.135. The van der Waals surface area contributed by atoms with E-state index >= 15 is 0 Å². The number of nitrogens with one attached hydrogen (secondary N) is 6. The second-order valence-corrected chi connectivity index (χ2v) is 5.54. The van der Waals surface area contributed by atoms with Crippen LogP contribution in [0.25, 0.3) is 0 Å². The zero-order valence-electron chi connectivity index (χ0n) is 14.2. The molecule has 1 fully saturated rings. The minimum atomic E-state index is -0.611. The molecular formula is C15H32N6O2. The summed E-state index contributed by atoms with van der Waals surface area (Å²) in [6.45, 7) is 9.71. The van der Waals surface area contributed by atoms with Crippen molar-refractivity contribution in [2.24, 2.45) is 5.92 Å². The van der Waals surface area contributed by atoms with Gasteiger partial charge in [0.1, 0.15) is 5.92 Å². The van der Waals surface area contributed by atoms with Crippen LogP contribution in [0.15, 0.2) is 0 Å². The Bertz CT molecular complexity index is 310. The Morgan fingerprint density at radius 1 is 0.652 bits per heavy atom. The van der Waals surface area contributed by atoms with Crippen LogP contribution in [0.2, 0.25) is 0 Å². The van der Waals surface area contributed by atoms with Crippen LogP contribution in [-0.4, -0.2) is 77.3 Å². The van der Waals surface area contributed by atoms with Gasteiger partial charge in [0.15, 0.2) is 0 Å². The molecule has 1 saturated heterocycles. The average Bonchev–Trinajstić information content (AvgIpc) is 2.54. The van der Waals surface area contributed by atoms with Crippen LogP contribution in [0.1, 0.15) is 13.3 Å².